The van der Waals surface area contributed by atoms with E-state index in [1.165, 1.54) is 0 Å². The maximum Gasteiger partial charge on any atom is 0.500 e. The molecule has 0 rings (SSSR count). The van der Waals surface area contributed by atoms with Crippen LogP contribution in [0.5, 0.6) is 0 Å². The molecule has 0 fully saturated rings. The van der Waals surface area contributed by atoms with Crippen LogP contribution >= 0.6 is 0 Å². The number of rotatable bonds is 14. The first-order valence-corrected chi connectivity index (χ1v) is 27.1. The van der Waals surface area contributed by atoms with Crippen LogP contribution in [0.4, 0.5) is 0 Å². The summed E-state index contributed by atoms with van der Waals surface area (Å²) in [4.78, 5) is 0. The van der Waals surface area contributed by atoms with Crippen LogP contribution in [0, 0.1) is 0 Å². The van der Waals surface area contributed by atoms with E-state index in [0.717, 1.165) is 6.04 Å². The molecule has 0 amide bonds. The van der Waals surface area contributed by atoms with Crippen molar-refractivity contribution in [1.29, 1.82) is 0 Å². The molecule has 0 aromatic rings. The van der Waals surface area contributed by atoms with Gasteiger partial charge in [-0.05, 0) is 78.1 Å². The molecule has 0 aliphatic carbocycles. The van der Waals surface area contributed by atoms with Crippen LogP contribution in [0.3, 0.4) is 0 Å². The van der Waals surface area contributed by atoms with E-state index >= 15 is 0 Å². The maximum absolute atomic E-state index is 6.77. The van der Waals surface area contributed by atoms with Gasteiger partial charge < -0.3 is 29.7 Å². The molecular formula is C22H70O7Si6. The van der Waals surface area contributed by atoms with Crippen molar-refractivity contribution >= 4 is 51.1 Å². The molecule has 0 saturated carbocycles. The molecule has 0 aliphatic heterocycles. The first-order chi connectivity index (χ1) is 12.7. The molecule has 224 valence electrons. The normalized spacial score (nSPS) is 13.9. The molecule has 0 bridgehead atoms. The van der Waals surface area contributed by atoms with Gasteiger partial charge in [0.1, 0.15) is 0 Å². The first-order valence-electron chi connectivity index (χ1n) is 10.2. The summed E-state index contributed by atoms with van der Waals surface area (Å²) in [6, 6.07) is 1.38. The van der Waals surface area contributed by atoms with Crippen LogP contribution in [0.25, 0.3) is 0 Å². The molecule has 0 aromatic heterocycles. The summed E-state index contributed by atoms with van der Waals surface area (Å²) in [5.41, 5.74) is 0. The van der Waals surface area contributed by atoms with Crippen molar-refractivity contribution in [2.75, 3.05) is 21.3 Å². The second-order valence-corrected chi connectivity index (χ2v) is 33.5. The van der Waals surface area contributed by atoms with Crippen molar-refractivity contribution in [2.45, 2.75) is 129 Å². The molecule has 1 unspecified atom stereocenters. The van der Waals surface area contributed by atoms with Gasteiger partial charge in [-0.15, -0.1) is 0 Å². The van der Waals surface area contributed by atoms with Gasteiger partial charge in [-0.3, -0.25) is 0 Å². The third kappa shape index (κ3) is 22.7. The summed E-state index contributed by atoms with van der Waals surface area (Å²) in [5, 5.41) is 0. The van der Waals surface area contributed by atoms with E-state index in [4.69, 9.17) is 29.7 Å². The Morgan fingerprint density at radius 2 is 0.714 bits per heavy atom. The molecule has 35 heavy (non-hydrogen) atoms. The van der Waals surface area contributed by atoms with E-state index < -0.39 is 51.1 Å². The molecule has 0 saturated heterocycles. The average molecular weight is 615 g/mol. The molecule has 7 nitrogen and oxygen atoms in total. The summed E-state index contributed by atoms with van der Waals surface area (Å²) < 4.78 is 43.2. The lowest BCUT2D eigenvalue weighted by Crippen LogP contribution is -2.59. The fourth-order valence-electron chi connectivity index (χ4n) is 3.60. The van der Waals surface area contributed by atoms with Crippen molar-refractivity contribution in [1.82, 2.24) is 0 Å². The highest BCUT2D eigenvalue weighted by atomic mass is 28.5. The Labute approximate surface area is 230 Å². The molecule has 0 heterocycles. The summed E-state index contributed by atoms with van der Waals surface area (Å²) in [7, 11) is -8.67. The van der Waals surface area contributed by atoms with Gasteiger partial charge in [-0.25, -0.2) is 0 Å². The Morgan fingerprint density at radius 3 is 1.00 bits per heavy atom. The SMILES string of the molecule is C.C.C.C.C.C.CO[Si](CC[Si](C)(O[Si](C)(C)C)O[Si](C)(C)O[Si](C)(C)O[Si](C)(C)C)(OC)OC. The van der Waals surface area contributed by atoms with Crippen LogP contribution in [-0.2, 0) is 29.7 Å². The third-order valence-electron chi connectivity index (χ3n) is 3.85. The molecule has 0 aromatic carbocycles. The van der Waals surface area contributed by atoms with Gasteiger partial charge in [0, 0.05) is 27.4 Å². The fraction of sp³-hybridized carbons (Fsp3) is 1.00. The van der Waals surface area contributed by atoms with Crippen LogP contribution < -0.4 is 0 Å². The molecule has 13 heteroatoms. The quantitative estimate of drug-likeness (QED) is 0.181. The van der Waals surface area contributed by atoms with Gasteiger partial charge >= 0.3 is 34.5 Å². The molecule has 0 N–H and O–H groups in total. The van der Waals surface area contributed by atoms with Gasteiger partial charge in [-0.1, -0.05) is 44.6 Å². The number of hydrogen-bond acceptors (Lipinski definition) is 7. The van der Waals surface area contributed by atoms with E-state index in [2.05, 4.69) is 72.0 Å². The Hall–Kier alpha value is 1.02. The Balaban J connectivity index is -0.000000261. The summed E-state index contributed by atoms with van der Waals surface area (Å²) in [6.07, 6.45) is 0. The predicted molar refractivity (Wildman–Crippen MR) is 174 cm³/mol. The molecule has 0 spiro atoms. The van der Waals surface area contributed by atoms with Crippen LogP contribution in [0.2, 0.25) is 84.1 Å². The fourth-order valence-corrected chi connectivity index (χ4v) is 30.2. The van der Waals surface area contributed by atoms with Gasteiger partial charge in [0.25, 0.3) is 0 Å². The summed E-state index contributed by atoms with van der Waals surface area (Å²) >= 11 is 0. The van der Waals surface area contributed by atoms with Crippen molar-refractivity contribution in [2.24, 2.45) is 0 Å². The first kappa shape index (κ1) is 52.5. The largest absolute Gasteiger partial charge is 0.500 e. The minimum absolute atomic E-state index is 0. The van der Waals surface area contributed by atoms with Crippen molar-refractivity contribution in [3.63, 3.8) is 0 Å². The van der Waals surface area contributed by atoms with Crippen LogP contribution in [0.1, 0.15) is 44.6 Å². The maximum atomic E-state index is 6.77. The highest BCUT2D eigenvalue weighted by Gasteiger charge is 2.49. The van der Waals surface area contributed by atoms with E-state index in [1.54, 1.807) is 21.3 Å². The second-order valence-electron chi connectivity index (χ2n) is 10.4. The predicted octanol–water partition coefficient (Wildman–Crippen LogP) is 8.89. The summed E-state index contributed by atoms with van der Waals surface area (Å²) in [6.45, 7) is 23.7. The lowest BCUT2D eigenvalue weighted by atomic mass is 10.9. The van der Waals surface area contributed by atoms with Gasteiger partial charge in [0.05, 0.1) is 0 Å². The average Bonchev–Trinajstić information content (AvgIpc) is 2.42. The van der Waals surface area contributed by atoms with E-state index in [-0.39, 0.29) is 44.6 Å². The summed E-state index contributed by atoms with van der Waals surface area (Å²) in [5.74, 6) is 0. The van der Waals surface area contributed by atoms with Gasteiger partial charge in [0.15, 0.2) is 16.6 Å². The lowest BCUT2D eigenvalue weighted by Gasteiger charge is -2.43. The highest BCUT2D eigenvalue weighted by Crippen LogP contribution is 2.31. The monoisotopic (exact) mass is 614 g/mol. The van der Waals surface area contributed by atoms with Crippen LogP contribution in [0.15, 0.2) is 0 Å². The van der Waals surface area contributed by atoms with E-state index in [0.29, 0.717) is 6.04 Å². The second kappa shape index (κ2) is 19.1. The minimum atomic E-state index is -2.70. The zero-order chi connectivity index (χ0) is 23.4. The lowest BCUT2D eigenvalue weighted by molar-refractivity contribution is 0.124. The highest BCUT2D eigenvalue weighted by molar-refractivity contribution is 6.90. The zero-order valence-electron chi connectivity index (χ0n) is 21.3. The van der Waals surface area contributed by atoms with Gasteiger partial charge in [0.2, 0.25) is 0 Å². The van der Waals surface area contributed by atoms with Crippen molar-refractivity contribution in [3.8, 4) is 0 Å². The Morgan fingerprint density at radius 1 is 0.400 bits per heavy atom. The van der Waals surface area contributed by atoms with Gasteiger partial charge in [-0.2, -0.15) is 0 Å². The standard InChI is InChI=1S/C16H46O7Si6.6CH4/c1-17-29(18-2,19-3)16-15-28(14,21-25(7,8)9)23-27(12,13)22-26(10,11)20-24(4,5)6;;;;;;/h15-16H2,1-14H3;6*1H4. The Kier molecular flexibility index (Phi) is 28.7. The third-order valence-corrected chi connectivity index (χ3v) is 24.5. The minimum Gasteiger partial charge on any atom is -0.437 e. The van der Waals surface area contributed by atoms with Crippen molar-refractivity contribution in [3.05, 3.63) is 0 Å². The van der Waals surface area contributed by atoms with Crippen LogP contribution in [-0.4, -0.2) is 72.5 Å². The Bertz CT molecular complexity index is 499. The zero-order valence-corrected chi connectivity index (χ0v) is 27.3. The topological polar surface area (TPSA) is 64.6 Å². The molecule has 0 radical (unpaired) electrons. The van der Waals surface area contributed by atoms with Crippen molar-refractivity contribution < 1.29 is 29.7 Å². The van der Waals surface area contributed by atoms with E-state index in [9.17, 15) is 0 Å². The molecular weight excluding hydrogens is 545 g/mol. The smallest absolute Gasteiger partial charge is 0.437 e. The van der Waals surface area contributed by atoms with E-state index in [1.807, 2.05) is 0 Å². The molecule has 1 atom stereocenters. The molecule has 0 aliphatic rings. The number of hydrogen-bond donors (Lipinski definition) is 0.